The van der Waals surface area contributed by atoms with Crippen LogP contribution < -0.4 is 16.0 Å². The molecule has 0 bridgehead atoms. The van der Waals surface area contributed by atoms with Crippen LogP contribution in [-0.4, -0.2) is 23.0 Å². The molecule has 154 valence electrons. The number of urea groups is 1. The highest BCUT2D eigenvalue weighted by molar-refractivity contribution is 6.06. The van der Waals surface area contributed by atoms with Crippen molar-refractivity contribution < 1.29 is 9.59 Å². The monoisotopic (exact) mass is 402 g/mol. The lowest BCUT2D eigenvalue weighted by atomic mass is 10.1. The first-order chi connectivity index (χ1) is 14.5. The fourth-order valence-corrected chi connectivity index (χ4v) is 3.38. The number of pyridine rings is 1. The van der Waals surface area contributed by atoms with E-state index in [-0.39, 0.29) is 18.0 Å². The molecule has 3 amide bonds. The number of fused-ring (bicyclic) bond motifs is 1. The molecule has 1 aromatic heterocycles. The highest BCUT2D eigenvalue weighted by Gasteiger charge is 2.26. The summed E-state index contributed by atoms with van der Waals surface area (Å²) in [5.41, 5.74) is 4.21. The molecular formula is C24H26N4O2. The van der Waals surface area contributed by atoms with Crippen LogP contribution in [0.15, 0.2) is 54.6 Å². The van der Waals surface area contributed by atoms with Crippen molar-refractivity contribution in [2.45, 2.75) is 45.2 Å². The predicted octanol–water partition coefficient (Wildman–Crippen LogP) is 4.57. The second-order valence-electron chi connectivity index (χ2n) is 8.02. The van der Waals surface area contributed by atoms with Crippen molar-refractivity contribution in [1.82, 2.24) is 15.6 Å². The first kappa shape index (κ1) is 19.9. The second-order valence-corrected chi connectivity index (χ2v) is 8.02. The van der Waals surface area contributed by atoms with Crippen molar-refractivity contribution >= 4 is 28.5 Å². The van der Waals surface area contributed by atoms with Crippen molar-refractivity contribution in [2.75, 3.05) is 5.32 Å². The summed E-state index contributed by atoms with van der Waals surface area (Å²) in [6.07, 6.45) is 2.28. The molecular weight excluding hydrogens is 376 g/mol. The summed E-state index contributed by atoms with van der Waals surface area (Å²) < 4.78 is 0. The Labute approximate surface area is 176 Å². The zero-order valence-electron chi connectivity index (χ0n) is 17.2. The van der Waals surface area contributed by atoms with Gasteiger partial charge < -0.3 is 16.0 Å². The maximum Gasteiger partial charge on any atom is 0.319 e. The molecule has 1 saturated carbocycles. The van der Waals surface area contributed by atoms with Crippen molar-refractivity contribution in [3.63, 3.8) is 0 Å². The lowest BCUT2D eigenvalue weighted by Gasteiger charge is -2.12. The molecule has 0 aliphatic heterocycles. The lowest BCUT2D eigenvalue weighted by Crippen LogP contribution is -2.34. The highest BCUT2D eigenvalue weighted by atomic mass is 16.2. The second kappa shape index (κ2) is 8.53. The van der Waals surface area contributed by atoms with E-state index in [0.29, 0.717) is 23.7 Å². The minimum atomic E-state index is -0.234. The Kier molecular flexibility index (Phi) is 5.65. The molecule has 4 rings (SSSR count). The topological polar surface area (TPSA) is 83.1 Å². The van der Waals surface area contributed by atoms with E-state index in [0.717, 1.165) is 35.0 Å². The third-order valence-electron chi connectivity index (χ3n) is 5.06. The number of carbonyl (C=O) groups is 2. The number of carbonyl (C=O) groups excluding carboxylic acids is 2. The molecule has 3 N–H and O–H groups in total. The Bertz CT molecular complexity index is 1070. The number of aromatic nitrogens is 1. The molecule has 1 fully saturated rings. The fourth-order valence-electron chi connectivity index (χ4n) is 3.38. The molecule has 0 spiro atoms. The number of anilines is 1. The molecule has 1 aliphatic rings. The van der Waals surface area contributed by atoms with Crippen LogP contribution in [-0.2, 0) is 6.54 Å². The van der Waals surface area contributed by atoms with Gasteiger partial charge in [0.05, 0.1) is 11.1 Å². The zero-order valence-corrected chi connectivity index (χ0v) is 17.2. The molecule has 1 aliphatic carbocycles. The van der Waals surface area contributed by atoms with E-state index >= 15 is 0 Å². The van der Waals surface area contributed by atoms with Gasteiger partial charge in [0.25, 0.3) is 5.91 Å². The van der Waals surface area contributed by atoms with Crippen LogP contribution in [0, 0.1) is 0 Å². The summed E-state index contributed by atoms with van der Waals surface area (Å²) in [5.74, 6) is 0.378. The van der Waals surface area contributed by atoms with Gasteiger partial charge in [-0.1, -0.05) is 30.3 Å². The predicted molar refractivity (Wildman–Crippen MR) is 119 cm³/mol. The zero-order chi connectivity index (χ0) is 21.1. The lowest BCUT2D eigenvalue weighted by molar-refractivity contribution is 0.0952. The molecule has 6 heteroatoms. The summed E-state index contributed by atoms with van der Waals surface area (Å²) in [7, 11) is 0. The van der Waals surface area contributed by atoms with E-state index in [1.54, 1.807) is 0 Å². The molecule has 3 aromatic rings. The van der Waals surface area contributed by atoms with Crippen LogP contribution >= 0.6 is 0 Å². The van der Waals surface area contributed by atoms with Gasteiger partial charge in [0.15, 0.2) is 0 Å². The standard InChI is InChI=1S/C24H26N4O2/c1-15(2)26-24(30)27-18-11-7-16(8-12-18)14-25-23(29)20-13-22(17-9-10-17)28-21-6-4-3-5-19(20)21/h3-8,11-13,15,17H,9-10,14H2,1-2H3,(H,25,29)(H2,26,27,30). The maximum atomic E-state index is 12.9. The smallest absolute Gasteiger partial charge is 0.319 e. The summed E-state index contributed by atoms with van der Waals surface area (Å²) >= 11 is 0. The summed E-state index contributed by atoms with van der Waals surface area (Å²) in [5, 5.41) is 9.46. The van der Waals surface area contributed by atoms with E-state index in [1.807, 2.05) is 68.4 Å². The van der Waals surface area contributed by atoms with Crippen molar-refractivity contribution in [3.05, 3.63) is 71.4 Å². The van der Waals surface area contributed by atoms with Crippen LogP contribution in [0.3, 0.4) is 0 Å². The molecule has 1 heterocycles. The summed E-state index contributed by atoms with van der Waals surface area (Å²) in [6.45, 7) is 4.22. The number of para-hydroxylation sites is 1. The van der Waals surface area contributed by atoms with Gasteiger partial charge in [-0.25, -0.2) is 4.79 Å². The Balaban J connectivity index is 1.43. The SMILES string of the molecule is CC(C)NC(=O)Nc1ccc(CNC(=O)c2cc(C3CC3)nc3ccccc23)cc1. The minimum absolute atomic E-state index is 0.0733. The van der Waals surface area contributed by atoms with Gasteiger partial charge in [-0.15, -0.1) is 0 Å². The van der Waals surface area contributed by atoms with Crippen LogP contribution in [0.25, 0.3) is 10.9 Å². The van der Waals surface area contributed by atoms with Crippen molar-refractivity contribution in [3.8, 4) is 0 Å². The average Bonchev–Trinajstić information content (AvgIpc) is 3.57. The third kappa shape index (κ3) is 4.76. The largest absolute Gasteiger partial charge is 0.348 e. The fraction of sp³-hybridized carbons (Fsp3) is 0.292. The Morgan fingerprint density at radius 3 is 2.50 bits per heavy atom. The molecule has 0 unspecified atom stereocenters. The van der Waals surface area contributed by atoms with E-state index in [4.69, 9.17) is 4.98 Å². The Morgan fingerprint density at radius 2 is 1.80 bits per heavy atom. The van der Waals surface area contributed by atoms with Crippen molar-refractivity contribution in [1.29, 1.82) is 0 Å². The quantitative estimate of drug-likeness (QED) is 0.565. The molecule has 30 heavy (non-hydrogen) atoms. The summed E-state index contributed by atoms with van der Waals surface area (Å²) in [6, 6.07) is 17.0. The summed E-state index contributed by atoms with van der Waals surface area (Å²) in [4.78, 5) is 29.5. The van der Waals surface area contributed by atoms with E-state index < -0.39 is 0 Å². The minimum Gasteiger partial charge on any atom is -0.348 e. The number of rotatable bonds is 6. The first-order valence-corrected chi connectivity index (χ1v) is 10.3. The van der Waals surface area contributed by atoms with Gasteiger partial charge in [-0.2, -0.15) is 0 Å². The highest BCUT2D eigenvalue weighted by Crippen LogP contribution is 2.40. The number of amides is 3. The molecule has 2 aromatic carbocycles. The molecule has 6 nitrogen and oxygen atoms in total. The van der Waals surface area contributed by atoms with Crippen LogP contribution in [0.4, 0.5) is 10.5 Å². The van der Waals surface area contributed by atoms with Gasteiger partial charge in [-0.3, -0.25) is 9.78 Å². The third-order valence-corrected chi connectivity index (χ3v) is 5.06. The molecule has 0 atom stereocenters. The van der Waals surface area contributed by atoms with Gasteiger partial charge >= 0.3 is 6.03 Å². The molecule has 0 radical (unpaired) electrons. The van der Waals surface area contributed by atoms with Crippen LogP contribution in [0.5, 0.6) is 0 Å². The maximum absolute atomic E-state index is 12.9. The van der Waals surface area contributed by atoms with Crippen LogP contribution in [0.1, 0.15) is 54.2 Å². The van der Waals surface area contributed by atoms with Crippen LogP contribution in [0.2, 0.25) is 0 Å². The molecule has 0 saturated heterocycles. The van der Waals surface area contributed by atoms with E-state index in [9.17, 15) is 9.59 Å². The van der Waals surface area contributed by atoms with E-state index in [2.05, 4.69) is 16.0 Å². The Hall–Kier alpha value is -3.41. The first-order valence-electron chi connectivity index (χ1n) is 10.3. The van der Waals surface area contributed by atoms with Gasteiger partial charge in [0, 0.05) is 35.3 Å². The number of benzene rings is 2. The average molecular weight is 402 g/mol. The number of nitrogens with one attached hydrogen (secondary N) is 3. The number of nitrogens with zero attached hydrogens (tertiary/aromatic N) is 1. The van der Waals surface area contributed by atoms with Gasteiger partial charge in [0.2, 0.25) is 0 Å². The van der Waals surface area contributed by atoms with Crippen molar-refractivity contribution in [2.24, 2.45) is 0 Å². The number of hydrogen-bond donors (Lipinski definition) is 3. The Morgan fingerprint density at radius 1 is 1.07 bits per heavy atom. The van der Waals surface area contributed by atoms with Gasteiger partial charge in [0.1, 0.15) is 0 Å². The number of hydrogen-bond acceptors (Lipinski definition) is 3. The van der Waals surface area contributed by atoms with E-state index in [1.165, 1.54) is 0 Å². The normalized spacial score (nSPS) is 13.3. The van der Waals surface area contributed by atoms with Gasteiger partial charge in [-0.05, 0) is 56.5 Å².